The van der Waals surface area contributed by atoms with Crippen molar-refractivity contribution in [2.24, 2.45) is 0 Å². The molecule has 0 saturated heterocycles. The van der Waals surface area contributed by atoms with Crippen molar-refractivity contribution in [2.75, 3.05) is 0 Å². The fraction of sp³-hybridized carbons (Fsp3) is 0.455. The van der Waals surface area contributed by atoms with Crippen molar-refractivity contribution in [3.8, 4) is 0 Å². The fourth-order valence-electron chi connectivity index (χ4n) is 1.49. The lowest BCUT2D eigenvalue weighted by atomic mass is 9.95. The van der Waals surface area contributed by atoms with E-state index in [2.05, 4.69) is 0 Å². The number of alkyl halides is 2. The van der Waals surface area contributed by atoms with Gasteiger partial charge in [0.15, 0.2) is 0 Å². The summed E-state index contributed by atoms with van der Waals surface area (Å²) in [6.45, 7) is 3.73. The van der Waals surface area contributed by atoms with Crippen LogP contribution in [0.25, 0.3) is 0 Å². The topological polar surface area (TPSA) is 0 Å². The zero-order valence-corrected chi connectivity index (χ0v) is 8.23. The number of halogens is 3. The Balaban J connectivity index is 3.09. The van der Waals surface area contributed by atoms with E-state index in [1.54, 1.807) is 12.1 Å². The molecule has 0 nitrogen and oxygen atoms in total. The van der Waals surface area contributed by atoms with E-state index in [9.17, 15) is 13.2 Å². The van der Waals surface area contributed by atoms with Crippen LogP contribution in [0.1, 0.15) is 30.9 Å². The van der Waals surface area contributed by atoms with Crippen LogP contribution in [0.15, 0.2) is 18.2 Å². The lowest BCUT2D eigenvalue weighted by Crippen LogP contribution is -2.05. The molecule has 0 radical (unpaired) electrons. The summed E-state index contributed by atoms with van der Waals surface area (Å²) in [5.74, 6) is -0.462. The molecule has 1 aromatic rings. The van der Waals surface area contributed by atoms with Gasteiger partial charge in [-0.25, -0.2) is 13.2 Å². The highest BCUT2D eigenvalue weighted by Gasteiger charge is 2.15. The van der Waals surface area contributed by atoms with Gasteiger partial charge in [0.2, 0.25) is 6.43 Å². The number of hydrogen-bond donors (Lipinski definition) is 0. The number of hydrogen-bond acceptors (Lipinski definition) is 0. The van der Waals surface area contributed by atoms with Crippen LogP contribution in [0.5, 0.6) is 0 Å². The van der Waals surface area contributed by atoms with Gasteiger partial charge in [-0.2, -0.15) is 0 Å². The van der Waals surface area contributed by atoms with E-state index in [0.29, 0.717) is 5.56 Å². The van der Waals surface area contributed by atoms with Gasteiger partial charge in [-0.1, -0.05) is 26.0 Å². The molecule has 0 spiro atoms. The van der Waals surface area contributed by atoms with Gasteiger partial charge in [0.25, 0.3) is 0 Å². The SMILES string of the molecule is CC(C)c1cccc(F)c1CC(F)F. The first-order valence-electron chi connectivity index (χ1n) is 4.57. The van der Waals surface area contributed by atoms with E-state index in [1.165, 1.54) is 6.07 Å². The van der Waals surface area contributed by atoms with Crippen LogP contribution in [0.2, 0.25) is 0 Å². The molecule has 0 aliphatic heterocycles. The monoisotopic (exact) mass is 202 g/mol. The molecule has 1 rings (SSSR count). The van der Waals surface area contributed by atoms with Gasteiger partial charge in [-0.05, 0) is 23.1 Å². The van der Waals surface area contributed by atoms with Crippen molar-refractivity contribution in [2.45, 2.75) is 32.6 Å². The number of rotatable bonds is 3. The smallest absolute Gasteiger partial charge is 0.210 e. The maximum Gasteiger partial charge on any atom is 0.242 e. The Morgan fingerprint density at radius 3 is 2.36 bits per heavy atom. The molecule has 1 aromatic carbocycles. The van der Waals surface area contributed by atoms with Crippen LogP contribution in [-0.2, 0) is 6.42 Å². The summed E-state index contributed by atoms with van der Waals surface area (Å²) in [6.07, 6.45) is -3.00. The molecule has 78 valence electrons. The van der Waals surface area contributed by atoms with Crippen LogP contribution in [0.4, 0.5) is 13.2 Å². The van der Waals surface area contributed by atoms with Gasteiger partial charge >= 0.3 is 0 Å². The first kappa shape index (κ1) is 11.1. The molecule has 0 N–H and O–H groups in total. The summed E-state index contributed by atoms with van der Waals surface area (Å²) < 4.78 is 37.6. The third kappa shape index (κ3) is 2.50. The summed E-state index contributed by atoms with van der Waals surface area (Å²) >= 11 is 0. The summed E-state index contributed by atoms with van der Waals surface area (Å²) in [7, 11) is 0. The first-order chi connectivity index (χ1) is 6.52. The second kappa shape index (κ2) is 4.49. The first-order valence-corrected chi connectivity index (χ1v) is 4.57. The molecule has 0 heterocycles. The van der Waals surface area contributed by atoms with Gasteiger partial charge in [0, 0.05) is 6.42 Å². The van der Waals surface area contributed by atoms with Crippen molar-refractivity contribution in [1.29, 1.82) is 0 Å². The van der Waals surface area contributed by atoms with Crippen molar-refractivity contribution < 1.29 is 13.2 Å². The van der Waals surface area contributed by atoms with Crippen LogP contribution in [-0.4, -0.2) is 6.43 Å². The van der Waals surface area contributed by atoms with Gasteiger partial charge in [-0.3, -0.25) is 0 Å². The lowest BCUT2D eigenvalue weighted by molar-refractivity contribution is 0.147. The van der Waals surface area contributed by atoms with Crippen molar-refractivity contribution in [3.05, 3.63) is 35.1 Å². The van der Waals surface area contributed by atoms with E-state index in [1.807, 2.05) is 13.8 Å². The van der Waals surface area contributed by atoms with Gasteiger partial charge in [0.1, 0.15) is 5.82 Å². The van der Waals surface area contributed by atoms with E-state index >= 15 is 0 Å². The molecule has 0 atom stereocenters. The normalized spacial score (nSPS) is 11.4. The largest absolute Gasteiger partial charge is 0.242 e. The quantitative estimate of drug-likeness (QED) is 0.700. The fourth-order valence-corrected chi connectivity index (χ4v) is 1.49. The van der Waals surface area contributed by atoms with Crippen molar-refractivity contribution in [1.82, 2.24) is 0 Å². The third-order valence-electron chi connectivity index (χ3n) is 2.14. The Hall–Kier alpha value is -0.990. The highest BCUT2D eigenvalue weighted by atomic mass is 19.3. The molecule has 0 aliphatic rings. The Morgan fingerprint density at radius 2 is 1.86 bits per heavy atom. The predicted molar refractivity (Wildman–Crippen MR) is 50.2 cm³/mol. The zero-order valence-electron chi connectivity index (χ0n) is 8.23. The van der Waals surface area contributed by atoms with Gasteiger partial charge in [0.05, 0.1) is 0 Å². The lowest BCUT2D eigenvalue weighted by Gasteiger charge is -2.12. The average Bonchev–Trinajstić information content (AvgIpc) is 2.07. The maximum absolute atomic E-state index is 13.2. The van der Waals surface area contributed by atoms with Gasteiger partial charge in [-0.15, -0.1) is 0 Å². The third-order valence-corrected chi connectivity index (χ3v) is 2.14. The minimum absolute atomic E-state index is 0.0689. The van der Waals surface area contributed by atoms with Crippen LogP contribution in [0.3, 0.4) is 0 Å². The molecule has 0 unspecified atom stereocenters. The number of benzene rings is 1. The van der Waals surface area contributed by atoms with E-state index in [4.69, 9.17) is 0 Å². The summed E-state index contributed by atoms with van der Waals surface area (Å²) in [5.41, 5.74) is 0.822. The molecule has 0 aliphatic carbocycles. The van der Waals surface area contributed by atoms with Crippen molar-refractivity contribution in [3.63, 3.8) is 0 Å². The second-order valence-corrected chi connectivity index (χ2v) is 3.56. The molecular weight excluding hydrogens is 189 g/mol. The average molecular weight is 202 g/mol. The molecule has 3 heteroatoms. The highest BCUT2D eigenvalue weighted by molar-refractivity contribution is 5.31. The van der Waals surface area contributed by atoms with E-state index in [-0.39, 0.29) is 11.5 Å². The second-order valence-electron chi connectivity index (χ2n) is 3.56. The van der Waals surface area contributed by atoms with Crippen LogP contribution in [0, 0.1) is 5.82 Å². The Kier molecular flexibility index (Phi) is 3.55. The van der Waals surface area contributed by atoms with E-state index in [0.717, 1.165) is 0 Å². The van der Waals surface area contributed by atoms with E-state index < -0.39 is 18.7 Å². The van der Waals surface area contributed by atoms with Crippen LogP contribution >= 0.6 is 0 Å². The minimum atomic E-state index is -2.50. The molecule has 0 aromatic heterocycles. The highest BCUT2D eigenvalue weighted by Crippen LogP contribution is 2.23. The van der Waals surface area contributed by atoms with Crippen molar-refractivity contribution >= 4 is 0 Å². The molecule has 0 saturated carbocycles. The summed E-state index contributed by atoms with van der Waals surface area (Å²) in [6, 6.07) is 4.48. The predicted octanol–water partition coefficient (Wildman–Crippen LogP) is 3.76. The van der Waals surface area contributed by atoms with Crippen LogP contribution < -0.4 is 0 Å². The Morgan fingerprint density at radius 1 is 1.21 bits per heavy atom. The minimum Gasteiger partial charge on any atom is -0.210 e. The molecule has 0 bridgehead atoms. The maximum atomic E-state index is 13.2. The summed E-state index contributed by atoms with van der Waals surface area (Å²) in [5, 5.41) is 0. The molecule has 0 amide bonds. The summed E-state index contributed by atoms with van der Waals surface area (Å²) in [4.78, 5) is 0. The Bertz CT molecular complexity index is 305. The zero-order chi connectivity index (χ0) is 10.7. The standard InChI is InChI=1S/C11H13F3/c1-7(2)8-4-3-5-10(12)9(8)6-11(13)14/h3-5,7,11H,6H2,1-2H3. The molecule has 0 fully saturated rings. The molecular formula is C11H13F3. The van der Waals surface area contributed by atoms with Gasteiger partial charge < -0.3 is 0 Å². The molecule has 14 heavy (non-hydrogen) atoms. The Labute approximate surface area is 81.8 Å².